The SMILES string of the molecule is COc1cccc(C2C(C#N)=C(N)N(c3nnc(SCC(=O)Nc4cccc(Cl)c4)s3)C3=C2C(=O)CCC3)c1. The summed E-state index contributed by atoms with van der Waals surface area (Å²) in [6, 6.07) is 16.5. The van der Waals surface area contributed by atoms with Crippen LogP contribution in [0, 0.1) is 11.3 Å². The van der Waals surface area contributed by atoms with Crippen molar-refractivity contribution in [2.24, 2.45) is 5.73 Å². The number of nitrogens with two attached hydrogens (primary N) is 1. The van der Waals surface area contributed by atoms with Gasteiger partial charge in [-0.2, -0.15) is 5.26 Å². The van der Waals surface area contributed by atoms with Crippen LogP contribution >= 0.6 is 34.7 Å². The van der Waals surface area contributed by atoms with Crippen molar-refractivity contribution in [2.45, 2.75) is 29.5 Å². The van der Waals surface area contributed by atoms with Crippen molar-refractivity contribution in [3.8, 4) is 11.8 Å². The van der Waals surface area contributed by atoms with E-state index in [4.69, 9.17) is 22.1 Å². The Morgan fingerprint density at radius 2 is 2.10 bits per heavy atom. The molecule has 1 unspecified atom stereocenters. The van der Waals surface area contributed by atoms with Gasteiger partial charge in [-0.25, -0.2) is 0 Å². The zero-order valence-corrected chi connectivity index (χ0v) is 23.2. The Kier molecular flexibility index (Phi) is 7.88. The number of carbonyl (C=O) groups is 2. The number of rotatable bonds is 7. The molecule has 0 saturated heterocycles. The first-order valence-electron chi connectivity index (χ1n) is 12.0. The van der Waals surface area contributed by atoms with Crippen LogP contribution in [0.4, 0.5) is 10.8 Å². The number of nitrogens with one attached hydrogen (secondary N) is 1. The lowest BCUT2D eigenvalue weighted by atomic mass is 9.76. The molecule has 9 nitrogen and oxygen atoms in total. The van der Waals surface area contributed by atoms with Gasteiger partial charge in [-0.15, -0.1) is 10.2 Å². The van der Waals surface area contributed by atoms with Gasteiger partial charge in [-0.3, -0.25) is 14.5 Å². The van der Waals surface area contributed by atoms with Crippen LogP contribution in [0.25, 0.3) is 0 Å². The number of carbonyl (C=O) groups excluding carboxylic acids is 2. The lowest BCUT2D eigenvalue weighted by Crippen LogP contribution is -2.38. The van der Waals surface area contributed by atoms with Crippen molar-refractivity contribution >= 4 is 57.2 Å². The number of nitriles is 1. The van der Waals surface area contributed by atoms with Crippen LogP contribution in [0.2, 0.25) is 5.02 Å². The summed E-state index contributed by atoms with van der Waals surface area (Å²) in [5.74, 6) is 0.117. The average molecular weight is 579 g/mol. The fourth-order valence-electron chi connectivity index (χ4n) is 4.70. The summed E-state index contributed by atoms with van der Waals surface area (Å²) in [4.78, 5) is 27.4. The lowest BCUT2D eigenvalue weighted by molar-refractivity contribution is -0.116. The van der Waals surface area contributed by atoms with Crippen molar-refractivity contribution in [1.29, 1.82) is 5.26 Å². The number of amides is 1. The Hall–Kier alpha value is -3.85. The van der Waals surface area contributed by atoms with E-state index in [2.05, 4.69) is 21.6 Å². The number of thioether (sulfide) groups is 1. The largest absolute Gasteiger partial charge is 0.497 e. The van der Waals surface area contributed by atoms with Gasteiger partial charge in [0.2, 0.25) is 11.0 Å². The van der Waals surface area contributed by atoms with E-state index in [9.17, 15) is 14.9 Å². The maximum Gasteiger partial charge on any atom is 0.234 e. The van der Waals surface area contributed by atoms with Crippen LogP contribution in [-0.2, 0) is 9.59 Å². The van der Waals surface area contributed by atoms with Gasteiger partial charge in [0.25, 0.3) is 0 Å². The molecule has 2 aliphatic rings. The Balaban J connectivity index is 1.43. The fourth-order valence-corrected chi connectivity index (χ4v) is 6.57. The summed E-state index contributed by atoms with van der Waals surface area (Å²) in [7, 11) is 1.57. The van der Waals surface area contributed by atoms with Crippen LogP contribution in [0.5, 0.6) is 5.75 Å². The molecular weight excluding hydrogens is 556 g/mol. The van der Waals surface area contributed by atoms with Crippen LogP contribution < -0.4 is 20.7 Å². The first-order valence-corrected chi connectivity index (χ1v) is 14.2. The number of anilines is 2. The second kappa shape index (κ2) is 11.5. The number of halogens is 1. The van der Waals surface area contributed by atoms with Crippen molar-refractivity contribution in [1.82, 2.24) is 10.2 Å². The average Bonchev–Trinajstić information content (AvgIpc) is 3.40. The summed E-state index contributed by atoms with van der Waals surface area (Å²) in [5, 5.41) is 22.5. The second-order valence-electron chi connectivity index (χ2n) is 8.79. The van der Waals surface area contributed by atoms with E-state index < -0.39 is 5.92 Å². The molecule has 2 heterocycles. The van der Waals surface area contributed by atoms with Crippen molar-refractivity contribution in [2.75, 3.05) is 23.1 Å². The van der Waals surface area contributed by atoms with Crippen molar-refractivity contribution < 1.29 is 14.3 Å². The highest BCUT2D eigenvalue weighted by Crippen LogP contribution is 2.47. The number of ether oxygens (including phenoxy) is 1. The number of aromatic nitrogens is 2. The van der Waals surface area contributed by atoms with Gasteiger partial charge in [0.1, 0.15) is 11.6 Å². The summed E-state index contributed by atoms with van der Waals surface area (Å²) in [5.41, 5.74) is 9.51. The van der Waals surface area contributed by atoms with E-state index in [1.54, 1.807) is 36.3 Å². The van der Waals surface area contributed by atoms with E-state index in [1.165, 1.54) is 23.1 Å². The predicted octanol–water partition coefficient (Wildman–Crippen LogP) is 5.24. The minimum atomic E-state index is -0.596. The number of allylic oxidation sites excluding steroid dienone is 3. The molecule has 1 aliphatic carbocycles. The van der Waals surface area contributed by atoms with Crippen molar-refractivity contribution in [3.05, 3.63) is 81.8 Å². The molecule has 0 spiro atoms. The fraction of sp³-hybridized carbons (Fsp3) is 0.222. The molecule has 1 atom stereocenters. The third kappa shape index (κ3) is 5.49. The molecule has 1 amide bonds. The van der Waals surface area contributed by atoms with Gasteiger partial charge >= 0.3 is 0 Å². The number of methoxy groups -OCH3 is 1. The molecule has 3 aromatic rings. The Labute approximate surface area is 238 Å². The molecule has 3 N–H and O–H groups in total. The monoisotopic (exact) mass is 578 g/mol. The minimum Gasteiger partial charge on any atom is -0.497 e. The van der Waals surface area contributed by atoms with Gasteiger partial charge < -0.3 is 15.8 Å². The van der Waals surface area contributed by atoms with Gasteiger partial charge in [0, 0.05) is 28.4 Å². The van der Waals surface area contributed by atoms with Gasteiger partial charge in [0.05, 0.1) is 30.4 Å². The summed E-state index contributed by atoms with van der Waals surface area (Å²) in [6.07, 6.45) is 1.66. The van der Waals surface area contributed by atoms with Gasteiger partial charge in [-0.1, -0.05) is 52.9 Å². The smallest absolute Gasteiger partial charge is 0.234 e. The number of hydrogen-bond donors (Lipinski definition) is 2. The summed E-state index contributed by atoms with van der Waals surface area (Å²) in [6.45, 7) is 0. The van der Waals surface area contributed by atoms with Gasteiger partial charge in [0.15, 0.2) is 10.1 Å². The number of hydrogen-bond acceptors (Lipinski definition) is 10. The standard InChI is InChI=1S/C27H23ClN6O3S2/c1-37-18-8-2-5-15(11-18)23-19(13-29)25(30)34(20-9-4-10-21(35)24(20)23)26-32-33-27(39-26)38-14-22(36)31-17-7-3-6-16(28)12-17/h2-3,5-8,11-12,23H,4,9-10,14,30H2,1H3,(H,31,36). The molecule has 39 heavy (non-hydrogen) atoms. The molecule has 12 heteroatoms. The quantitative estimate of drug-likeness (QED) is 0.361. The van der Waals surface area contributed by atoms with Crippen LogP contribution in [0.3, 0.4) is 0 Å². The van der Waals surface area contributed by atoms with Crippen LogP contribution in [-0.4, -0.2) is 34.8 Å². The first-order chi connectivity index (χ1) is 18.9. The molecule has 0 radical (unpaired) electrons. The molecule has 0 saturated carbocycles. The number of benzene rings is 2. The van der Waals surface area contributed by atoms with Crippen LogP contribution in [0.1, 0.15) is 30.7 Å². The van der Waals surface area contributed by atoms with E-state index in [-0.39, 0.29) is 28.8 Å². The molecule has 2 aromatic carbocycles. The Bertz CT molecular complexity index is 1560. The highest BCUT2D eigenvalue weighted by atomic mass is 35.5. The lowest BCUT2D eigenvalue weighted by Gasteiger charge is -2.38. The van der Waals surface area contributed by atoms with Crippen LogP contribution in [0.15, 0.2) is 75.5 Å². The summed E-state index contributed by atoms with van der Waals surface area (Å²) >= 11 is 8.46. The maximum absolute atomic E-state index is 13.3. The van der Waals surface area contributed by atoms with Gasteiger partial charge in [-0.05, 0) is 48.7 Å². The van der Waals surface area contributed by atoms with E-state index >= 15 is 0 Å². The molecule has 1 aliphatic heterocycles. The predicted molar refractivity (Wildman–Crippen MR) is 152 cm³/mol. The molecule has 198 valence electrons. The molecular formula is C27H23ClN6O3S2. The van der Waals surface area contributed by atoms with E-state index in [0.29, 0.717) is 50.8 Å². The first kappa shape index (κ1) is 26.7. The number of Topliss-reactive ketones (excluding diaryl/α,β-unsaturated/α-hetero) is 1. The minimum absolute atomic E-state index is 0.0221. The molecule has 5 rings (SSSR count). The molecule has 0 bridgehead atoms. The van der Waals surface area contributed by atoms with E-state index in [0.717, 1.165) is 11.3 Å². The molecule has 1 aromatic heterocycles. The zero-order valence-electron chi connectivity index (χ0n) is 20.8. The topological polar surface area (TPSA) is 134 Å². The normalized spacial score (nSPS) is 17.1. The Morgan fingerprint density at radius 3 is 2.87 bits per heavy atom. The second-order valence-corrected chi connectivity index (χ2v) is 11.4. The van der Waals surface area contributed by atoms with Crippen molar-refractivity contribution in [3.63, 3.8) is 0 Å². The number of nitrogens with zero attached hydrogens (tertiary/aromatic N) is 4. The maximum atomic E-state index is 13.3. The zero-order chi connectivity index (χ0) is 27.5. The Morgan fingerprint density at radius 1 is 1.28 bits per heavy atom. The number of ketones is 1. The highest BCUT2D eigenvalue weighted by Gasteiger charge is 2.41. The summed E-state index contributed by atoms with van der Waals surface area (Å²) < 4.78 is 5.93. The molecule has 0 fully saturated rings. The third-order valence-corrected chi connectivity index (χ3v) is 8.64. The highest BCUT2D eigenvalue weighted by molar-refractivity contribution is 8.01. The third-order valence-electron chi connectivity index (χ3n) is 6.36. The van der Waals surface area contributed by atoms with E-state index in [1.807, 2.05) is 24.3 Å².